The highest BCUT2D eigenvalue weighted by Crippen LogP contribution is 2.38. The van der Waals surface area contributed by atoms with Crippen LogP contribution in [0, 0.1) is 39.5 Å². The summed E-state index contributed by atoms with van der Waals surface area (Å²) in [7, 11) is 0. The number of aryl methyl sites for hydroxylation is 4. The number of benzene rings is 1. The van der Waals surface area contributed by atoms with Crippen LogP contribution in [0.2, 0.25) is 0 Å². The largest absolute Gasteiger partial charge is 0.461 e. The minimum Gasteiger partial charge on any atom is -0.461 e. The molecule has 0 radical (unpaired) electrons. The van der Waals surface area contributed by atoms with E-state index in [1.807, 2.05) is 32.6 Å². The Morgan fingerprint density at radius 2 is 1.72 bits per heavy atom. The molecule has 2 aromatic heterocycles. The fourth-order valence-corrected chi connectivity index (χ4v) is 6.99. The minimum atomic E-state index is -0.373. The fourth-order valence-electron chi connectivity index (χ4n) is 6.99. The van der Waals surface area contributed by atoms with Crippen LogP contribution >= 0.6 is 0 Å². The van der Waals surface area contributed by atoms with Crippen LogP contribution in [0.15, 0.2) is 19.7 Å². The molecular formula is C29H34N2O5. The van der Waals surface area contributed by atoms with Crippen molar-refractivity contribution in [3.8, 4) is 0 Å². The molecule has 0 unspecified atom stereocenters. The van der Waals surface area contributed by atoms with Crippen molar-refractivity contribution in [1.29, 1.82) is 0 Å². The van der Waals surface area contributed by atoms with Crippen molar-refractivity contribution in [3.05, 3.63) is 44.5 Å². The molecule has 0 spiro atoms. The van der Waals surface area contributed by atoms with E-state index in [2.05, 4.69) is 11.0 Å². The van der Waals surface area contributed by atoms with Gasteiger partial charge >= 0.3 is 5.63 Å². The lowest BCUT2D eigenvalue weighted by Crippen LogP contribution is -2.61. The third-order valence-electron chi connectivity index (χ3n) is 9.07. The van der Waals surface area contributed by atoms with Crippen molar-refractivity contribution in [2.45, 2.75) is 72.3 Å². The third-order valence-corrected chi connectivity index (χ3v) is 9.07. The van der Waals surface area contributed by atoms with Crippen LogP contribution in [0.5, 0.6) is 0 Å². The van der Waals surface area contributed by atoms with E-state index in [1.165, 1.54) is 0 Å². The number of piperidine rings is 3. The van der Waals surface area contributed by atoms with Gasteiger partial charge in [0.2, 0.25) is 11.8 Å². The highest BCUT2D eigenvalue weighted by molar-refractivity contribution is 6.00. The van der Waals surface area contributed by atoms with E-state index in [0.717, 1.165) is 64.6 Å². The summed E-state index contributed by atoms with van der Waals surface area (Å²) in [5.74, 6) is 1.96. The summed E-state index contributed by atoms with van der Waals surface area (Å²) in [6.45, 7) is 10.0. The number of carbonyl (C=O) groups excluding carboxylic acids is 2. The first kappa shape index (κ1) is 23.3. The lowest BCUT2D eigenvalue weighted by molar-refractivity contribution is -0.148. The third kappa shape index (κ3) is 3.58. The molecule has 3 saturated heterocycles. The SMILES string of the molecule is Cc1oc2c(C)c3oc(=O)c(CCC(=O)N4C[C@H]5C[C@@H](C4)[C@@H]4CCCC(=O)N4C5)c(C)c3cc2c1C. The molecule has 2 bridgehead atoms. The van der Waals surface area contributed by atoms with Crippen molar-refractivity contribution in [2.24, 2.45) is 11.8 Å². The van der Waals surface area contributed by atoms with Crippen LogP contribution in [0.4, 0.5) is 0 Å². The first-order valence-corrected chi connectivity index (χ1v) is 13.3. The first-order chi connectivity index (χ1) is 17.2. The van der Waals surface area contributed by atoms with Crippen molar-refractivity contribution < 1.29 is 18.4 Å². The predicted octanol–water partition coefficient (Wildman–Crippen LogP) is 4.56. The number of likely N-dealkylation sites (tertiary alicyclic amines) is 1. The molecular weight excluding hydrogens is 456 g/mol. The maximum atomic E-state index is 13.3. The Kier molecular flexibility index (Phi) is 5.50. The van der Waals surface area contributed by atoms with Gasteiger partial charge in [-0.05, 0) is 82.4 Å². The zero-order valence-electron chi connectivity index (χ0n) is 21.6. The van der Waals surface area contributed by atoms with Crippen molar-refractivity contribution in [1.82, 2.24) is 9.80 Å². The van der Waals surface area contributed by atoms with E-state index >= 15 is 0 Å². The van der Waals surface area contributed by atoms with Crippen molar-refractivity contribution in [2.75, 3.05) is 19.6 Å². The van der Waals surface area contributed by atoms with Crippen LogP contribution in [0.1, 0.15) is 60.1 Å². The minimum absolute atomic E-state index is 0.0899. The second-order valence-electron chi connectivity index (χ2n) is 11.2. The molecule has 6 rings (SSSR count). The molecule has 5 heterocycles. The summed E-state index contributed by atoms with van der Waals surface area (Å²) in [4.78, 5) is 42.8. The maximum absolute atomic E-state index is 13.3. The molecule has 7 nitrogen and oxygen atoms in total. The van der Waals surface area contributed by atoms with E-state index in [4.69, 9.17) is 8.83 Å². The van der Waals surface area contributed by atoms with Crippen molar-refractivity contribution in [3.63, 3.8) is 0 Å². The number of amides is 2. The maximum Gasteiger partial charge on any atom is 0.339 e. The van der Waals surface area contributed by atoms with Gasteiger partial charge in [-0.1, -0.05) is 0 Å². The topological polar surface area (TPSA) is 84.0 Å². The smallest absolute Gasteiger partial charge is 0.339 e. The first-order valence-electron chi connectivity index (χ1n) is 13.3. The van der Waals surface area contributed by atoms with Crippen LogP contribution < -0.4 is 5.63 Å². The van der Waals surface area contributed by atoms with Crippen LogP contribution in [0.3, 0.4) is 0 Å². The van der Waals surface area contributed by atoms with Gasteiger partial charge in [-0.2, -0.15) is 0 Å². The van der Waals surface area contributed by atoms with Gasteiger partial charge in [0.1, 0.15) is 16.9 Å². The molecule has 190 valence electrons. The van der Waals surface area contributed by atoms with E-state index < -0.39 is 0 Å². The van der Waals surface area contributed by atoms with Crippen LogP contribution in [0.25, 0.3) is 21.9 Å². The van der Waals surface area contributed by atoms with Gasteiger partial charge in [0.25, 0.3) is 0 Å². The molecule has 0 aliphatic carbocycles. The average Bonchev–Trinajstić information content (AvgIpc) is 3.14. The summed E-state index contributed by atoms with van der Waals surface area (Å²) in [5, 5.41) is 1.94. The Bertz CT molecular complexity index is 1460. The quantitative estimate of drug-likeness (QED) is 0.503. The number of hydrogen-bond acceptors (Lipinski definition) is 5. The Labute approximate surface area is 210 Å². The summed E-state index contributed by atoms with van der Waals surface area (Å²) < 4.78 is 11.7. The van der Waals surface area contributed by atoms with Gasteiger partial charge in [0.05, 0.1) is 0 Å². The molecule has 3 fully saturated rings. The number of furan rings is 1. The second-order valence-corrected chi connectivity index (χ2v) is 11.2. The lowest BCUT2D eigenvalue weighted by atomic mass is 9.76. The summed E-state index contributed by atoms with van der Waals surface area (Å²) in [5.41, 5.74) is 4.32. The molecule has 3 aromatic rings. The molecule has 3 atom stereocenters. The monoisotopic (exact) mass is 490 g/mol. The van der Waals surface area contributed by atoms with E-state index in [9.17, 15) is 14.4 Å². The number of nitrogens with zero attached hydrogens (tertiary/aromatic N) is 2. The molecule has 0 saturated carbocycles. The zero-order chi connectivity index (χ0) is 25.3. The number of carbonyl (C=O) groups is 2. The summed E-state index contributed by atoms with van der Waals surface area (Å²) in [6, 6.07) is 2.33. The van der Waals surface area contributed by atoms with Gasteiger partial charge in [-0.3, -0.25) is 9.59 Å². The van der Waals surface area contributed by atoms with Crippen molar-refractivity contribution >= 4 is 33.8 Å². The van der Waals surface area contributed by atoms with Gasteiger partial charge in [-0.15, -0.1) is 0 Å². The van der Waals surface area contributed by atoms with E-state index in [-0.39, 0.29) is 29.9 Å². The van der Waals surface area contributed by atoms with Gasteiger partial charge in [-0.25, -0.2) is 4.79 Å². The predicted molar refractivity (Wildman–Crippen MR) is 137 cm³/mol. The normalized spacial score (nSPS) is 24.0. The van der Waals surface area contributed by atoms with Crippen LogP contribution in [-0.4, -0.2) is 47.3 Å². The Morgan fingerprint density at radius 1 is 0.972 bits per heavy atom. The molecule has 7 heteroatoms. The van der Waals surface area contributed by atoms with Gasteiger partial charge in [0.15, 0.2) is 0 Å². The summed E-state index contributed by atoms with van der Waals surface area (Å²) in [6.07, 6.45) is 4.42. The van der Waals surface area contributed by atoms with E-state index in [1.54, 1.807) is 0 Å². The van der Waals surface area contributed by atoms with E-state index in [0.29, 0.717) is 48.9 Å². The lowest BCUT2D eigenvalue weighted by Gasteiger charge is -2.52. The summed E-state index contributed by atoms with van der Waals surface area (Å²) >= 11 is 0. The highest BCUT2D eigenvalue weighted by Gasteiger charge is 2.44. The molecule has 1 aromatic carbocycles. The van der Waals surface area contributed by atoms with Gasteiger partial charge < -0.3 is 18.6 Å². The Morgan fingerprint density at radius 3 is 2.53 bits per heavy atom. The molecule has 2 amide bonds. The second kappa shape index (κ2) is 8.49. The van der Waals surface area contributed by atoms with Gasteiger partial charge in [0, 0.05) is 60.4 Å². The number of rotatable bonds is 3. The van der Waals surface area contributed by atoms with Crippen LogP contribution in [-0.2, 0) is 16.0 Å². The molecule has 3 aliphatic heterocycles. The Hall–Kier alpha value is -3.09. The molecule has 0 N–H and O–H groups in total. The highest BCUT2D eigenvalue weighted by atomic mass is 16.4. The molecule has 3 aliphatic rings. The fraction of sp³-hybridized carbons (Fsp3) is 0.552. The Balaban J connectivity index is 1.23. The standard InChI is InChI=1S/C29H34N2O5/c1-15-18(4)35-27-17(3)28-23(11-22(15)27)16(2)21(29(34)36-28)8-9-25(32)30-12-19-10-20(14-30)24-6-5-7-26(33)31(24)13-19/h11,19-20,24H,5-10,12-14H2,1-4H3/t19-,20+,24+/m1/s1. The number of hydrogen-bond donors (Lipinski definition) is 0. The molecule has 36 heavy (non-hydrogen) atoms. The zero-order valence-corrected chi connectivity index (χ0v) is 21.6. The average molecular weight is 491 g/mol. The number of fused-ring (bicyclic) bond motifs is 6.